The van der Waals surface area contributed by atoms with E-state index in [0.29, 0.717) is 12.0 Å². The zero-order valence-corrected chi connectivity index (χ0v) is 11.7. The molecule has 3 nitrogen and oxygen atoms in total. The Hall–Kier alpha value is -0.540. The first-order chi connectivity index (χ1) is 8.13. The summed E-state index contributed by atoms with van der Waals surface area (Å²) in [6.07, 6.45) is 5.67. The monoisotopic (exact) mass is 255 g/mol. The van der Waals surface area contributed by atoms with Gasteiger partial charge in [-0.3, -0.25) is 4.68 Å². The minimum Gasteiger partial charge on any atom is -0.309 e. The molecule has 1 aliphatic carbocycles. The molecule has 4 heteroatoms. The Morgan fingerprint density at radius 2 is 2.35 bits per heavy atom. The normalized spacial score (nSPS) is 26.4. The summed E-state index contributed by atoms with van der Waals surface area (Å²) in [5.74, 6) is 1.53. The highest BCUT2D eigenvalue weighted by Gasteiger charge is 2.32. The first-order valence-corrected chi connectivity index (χ1v) is 6.92. The molecule has 3 atom stereocenters. The van der Waals surface area contributed by atoms with E-state index in [1.165, 1.54) is 19.3 Å². The molecular weight excluding hydrogens is 234 g/mol. The van der Waals surface area contributed by atoms with Gasteiger partial charge in [0.1, 0.15) is 0 Å². The number of nitrogens with one attached hydrogen (secondary N) is 1. The lowest BCUT2D eigenvalue weighted by Crippen LogP contribution is -2.29. The van der Waals surface area contributed by atoms with Crippen LogP contribution in [0.3, 0.4) is 0 Å². The van der Waals surface area contributed by atoms with E-state index in [9.17, 15) is 0 Å². The fourth-order valence-corrected chi connectivity index (χ4v) is 3.31. The van der Waals surface area contributed by atoms with Crippen molar-refractivity contribution in [2.75, 3.05) is 6.54 Å². The standard InChI is InChI=1S/C13H22ClN3/c1-4-15-12(10-6-5-9(2)7-10)13-11(14)8-16-17(13)3/h8-10,12,15H,4-7H2,1-3H3. The number of halogens is 1. The van der Waals surface area contributed by atoms with Crippen LogP contribution >= 0.6 is 11.6 Å². The van der Waals surface area contributed by atoms with Gasteiger partial charge in [-0.2, -0.15) is 5.10 Å². The summed E-state index contributed by atoms with van der Waals surface area (Å²) in [5, 5.41) is 8.63. The van der Waals surface area contributed by atoms with E-state index in [1.54, 1.807) is 6.20 Å². The molecule has 17 heavy (non-hydrogen) atoms. The second kappa shape index (κ2) is 5.40. The van der Waals surface area contributed by atoms with Crippen LogP contribution in [-0.4, -0.2) is 16.3 Å². The van der Waals surface area contributed by atoms with Crippen molar-refractivity contribution >= 4 is 11.6 Å². The molecule has 96 valence electrons. The Morgan fingerprint density at radius 3 is 2.82 bits per heavy atom. The number of nitrogens with zero attached hydrogens (tertiary/aromatic N) is 2. The summed E-state index contributed by atoms with van der Waals surface area (Å²) in [4.78, 5) is 0. The average Bonchev–Trinajstić information content (AvgIpc) is 2.84. The fraction of sp³-hybridized carbons (Fsp3) is 0.769. The summed E-state index contributed by atoms with van der Waals surface area (Å²) in [7, 11) is 1.98. The molecule has 1 fully saturated rings. The lowest BCUT2D eigenvalue weighted by Gasteiger charge is -2.25. The predicted molar refractivity (Wildman–Crippen MR) is 71.1 cm³/mol. The van der Waals surface area contributed by atoms with Gasteiger partial charge in [0.05, 0.1) is 23.0 Å². The van der Waals surface area contributed by atoms with Crippen molar-refractivity contribution in [2.45, 2.75) is 39.2 Å². The van der Waals surface area contributed by atoms with Crippen molar-refractivity contribution in [1.82, 2.24) is 15.1 Å². The summed E-state index contributed by atoms with van der Waals surface area (Å²) in [6, 6.07) is 0.352. The molecule has 2 rings (SSSR count). The Morgan fingerprint density at radius 1 is 1.59 bits per heavy atom. The van der Waals surface area contributed by atoms with E-state index < -0.39 is 0 Å². The highest BCUT2D eigenvalue weighted by atomic mass is 35.5. The first-order valence-electron chi connectivity index (χ1n) is 6.54. The molecule has 1 N–H and O–H groups in total. The zero-order valence-electron chi connectivity index (χ0n) is 10.9. The molecule has 0 aliphatic heterocycles. The van der Waals surface area contributed by atoms with Crippen molar-refractivity contribution in [1.29, 1.82) is 0 Å². The van der Waals surface area contributed by atoms with Crippen LogP contribution in [-0.2, 0) is 7.05 Å². The van der Waals surface area contributed by atoms with Crippen LogP contribution in [0.1, 0.15) is 44.8 Å². The topological polar surface area (TPSA) is 29.9 Å². The molecule has 1 aliphatic rings. The van der Waals surface area contributed by atoms with Gasteiger partial charge in [-0.15, -0.1) is 0 Å². The predicted octanol–water partition coefficient (Wildman–Crippen LogP) is 3.16. The van der Waals surface area contributed by atoms with Crippen molar-refractivity contribution < 1.29 is 0 Å². The highest BCUT2D eigenvalue weighted by Crippen LogP contribution is 2.40. The Kier molecular flexibility index (Phi) is 4.10. The quantitative estimate of drug-likeness (QED) is 0.896. The van der Waals surface area contributed by atoms with Crippen molar-refractivity contribution in [3.8, 4) is 0 Å². The maximum absolute atomic E-state index is 6.27. The van der Waals surface area contributed by atoms with Crippen molar-refractivity contribution in [2.24, 2.45) is 18.9 Å². The number of aromatic nitrogens is 2. The molecule has 3 unspecified atom stereocenters. The van der Waals surface area contributed by atoms with Gasteiger partial charge in [0.2, 0.25) is 0 Å². The van der Waals surface area contributed by atoms with E-state index in [-0.39, 0.29) is 0 Å². The van der Waals surface area contributed by atoms with E-state index in [2.05, 4.69) is 24.3 Å². The molecule has 0 saturated heterocycles. The van der Waals surface area contributed by atoms with Gasteiger partial charge >= 0.3 is 0 Å². The minimum absolute atomic E-state index is 0.352. The van der Waals surface area contributed by atoms with Gasteiger partial charge in [-0.05, 0) is 31.2 Å². The molecule has 1 aromatic rings. The van der Waals surface area contributed by atoms with Crippen LogP contribution in [0, 0.1) is 11.8 Å². The average molecular weight is 256 g/mol. The summed E-state index contributed by atoms with van der Waals surface area (Å²) in [5.41, 5.74) is 1.15. The van der Waals surface area contributed by atoms with Gasteiger partial charge < -0.3 is 5.32 Å². The van der Waals surface area contributed by atoms with Crippen LogP contribution in [0.25, 0.3) is 0 Å². The molecular formula is C13H22ClN3. The third-order valence-electron chi connectivity index (χ3n) is 3.86. The van der Waals surface area contributed by atoms with E-state index in [1.807, 2.05) is 11.7 Å². The van der Waals surface area contributed by atoms with Crippen LogP contribution < -0.4 is 5.32 Å². The van der Waals surface area contributed by atoms with Gasteiger partial charge in [0.15, 0.2) is 0 Å². The summed E-state index contributed by atoms with van der Waals surface area (Å²) < 4.78 is 1.92. The third kappa shape index (κ3) is 2.66. The van der Waals surface area contributed by atoms with Crippen molar-refractivity contribution in [3.05, 3.63) is 16.9 Å². The molecule has 1 aromatic heterocycles. The molecule has 0 bridgehead atoms. The molecule has 1 heterocycles. The number of hydrogen-bond acceptors (Lipinski definition) is 2. The zero-order chi connectivity index (χ0) is 12.4. The maximum Gasteiger partial charge on any atom is 0.0834 e. The molecule has 0 radical (unpaired) electrons. The largest absolute Gasteiger partial charge is 0.309 e. The number of aryl methyl sites for hydroxylation is 1. The Labute approximate surface area is 109 Å². The SMILES string of the molecule is CCNC(c1c(Cl)cnn1C)C1CCC(C)C1. The van der Waals surface area contributed by atoms with Gasteiger partial charge in [0, 0.05) is 7.05 Å². The molecule has 0 amide bonds. The van der Waals surface area contributed by atoms with E-state index >= 15 is 0 Å². The van der Waals surface area contributed by atoms with Crippen LogP contribution in [0.5, 0.6) is 0 Å². The summed E-state index contributed by atoms with van der Waals surface area (Å²) >= 11 is 6.27. The van der Waals surface area contributed by atoms with Crippen LogP contribution in [0.15, 0.2) is 6.20 Å². The first kappa shape index (κ1) is 12.9. The van der Waals surface area contributed by atoms with Crippen molar-refractivity contribution in [3.63, 3.8) is 0 Å². The van der Waals surface area contributed by atoms with Crippen LogP contribution in [0.4, 0.5) is 0 Å². The number of hydrogen-bond donors (Lipinski definition) is 1. The second-order valence-corrected chi connectivity index (χ2v) is 5.62. The van der Waals surface area contributed by atoms with Gasteiger partial charge in [-0.25, -0.2) is 0 Å². The lowest BCUT2D eigenvalue weighted by atomic mass is 9.94. The number of rotatable bonds is 4. The van der Waals surface area contributed by atoms with Gasteiger partial charge in [-0.1, -0.05) is 31.9 Å². The molecule has 1 saturated carbocycles. The third-order valence-corrected chi connectivity index (χ3v) is 4.15. The van der Waals surface area contributed by atoms with Crippen LogP contribution in [0.2, 0.25) is 5.02 Å². The molecule has 0 aromatic carbocycles. The lowest BCUT2D eigenvalue weighted by molar-refractivity contribution is 0.348. The highest BCUT2D eigenvalue weighted by molar-refractivity contribution is 6.31. The smallest absolute Gasteiger partial charge is 0.0834 e. The Bertz CT molecular complexity index is 355. The Balaban J connectivity index is 2.23. The minimum atomic E-state index is 0.352. The summed E-state index contributed by atoms with van der Waals surface area (Å²) in [6.45, 7) is 5.46. The second-order valence-electron chi connectivity index (χ2n) is 5.22. The molecule has 0 spiro atoms. The van der Waals surface area contributed by atoms with E-state index in [4.69, 9.17) is 11.6 Å². The van der Waals surface area contributed by atoms with Gasteiger partial charge in [0.25, 0.3) is 0 Å². The maximum atomic E-state index is 6.27. The fourth-order valence-electron chi connectivity index (χ4n) is 3.03. The van der Waals surface area contributed by atoms with E-state index in [0.717, 1.165) is 23.2 Å².